The van der Waals surface area contributed by atoms with Crippen LogP contribution < -0.4 is 5.32 Å². The van der Waals surface area contributed by atoms with Gasteiger partial charge >= 0.3 is 0 Å². The Bertz CT molecular complexity index is 956. The maximum absolute atomic E-state index is 14.9. The number of aromatic nitrogens is 2. The summed E-state index contributed by atoms with van der Waals surface area (Å²) in [5.74, 6) is -0.259. The number of rotatable bonds is 4. The normalized spacial score (nSPS) is 17.6. The molecule has 0 bridgehead atoms. The summed E-state index contributed by atoms with van der Waals surface area (Å²) in [6.45, 7) is 6.41. The Labute approximate surface area is 166 Å². The van der Waals surface area contributed by atoms with E-state index in [0.717, 1.165) is 40.9 Å². The van der Waals surface area contributed by atoms with Crippen LogP contribution in [0.15, 0.2) is 34.9 Å². The zero-order valence-electron chi connectivity index (χ0n) is 15.6. The number of morpholine rings is 1. The Morgan fingerprint density at radius 1 is 1.37 bits per heavy atom. The van der Waals surface area contributed by atoms with Crippen molar-refractivity contribution in [3.63, 3.8) is 0 Å². The molecule has 1 aromatic carbocycles. The number of hydrogen-bond donors (Lipinski definition) is 1. The first-order valence-electron chi connectivity index (χ1n) is 9.35. The molecular weight excluding hydrogens is 409 g/mol. The Kier molecular flexibility index (Phi) is 5.30. The van der Waals surface area contributed by atoms with Gasteiger partial charge in [0.1, 0.15) is 11.5 Å². The molecule has 142 valence electrons. The van der Waals surface area contributed by atoms with Gasteiger partial charge in [-0.3, -0.25) is 0 Å². The van der Waals surface area contributed by atoms with Crippen molar-refractivity contribution >= 4 is 21.6 Å². The Morgan fingerprint density at radius 2 is 2.22 bits per heavy atom. The quantitative estimate of drug-likeness (QED) is 0.668. The summed E-state index contributed by atoms with van der Waals surface area (Å²) in [7, 11) is 0. The van der Waals surface area contributed by atoms with Gasteiger partial charge in [0.15, 0.2) is 0 Å². The minimum absolute atomic E-state index is 0.0575. The van der Waals surface area contributed by atoms with Crippen LogP contribution in [0.5, 0.6) is 0 Å². The number of nitrogens with zero attached hydrogens (tertiary/aromatic N) is 2. The molecule has 0 amide bonds. The van der Waals surface area contributed by atoms with E-state index in [1.54, 1.807) is 0 Å². The lowest BCUT2D eigenvalue weighted by Crippen LogP contribution is -2.39. The van der Waals surface area contributed by atoms with Gasteiger partial charge in [-0.1, -0.05) is 22.9 Å². The van der Waals surface area contributed by atoms with E-state index in [1.165, 1.54) is 11.6 Å². The van der Waals surface area contributed by atoms with Crippen molar-refractivity contribution < 1.29 is 9.13 Å². The van der Waals surface area contributed by atoms with Gasteiger partial charge in [-0.15, -0.1) is 0 Å². The third-order valence-electron chi connectivity index (χ3n) is 5.11. The highest BCUT2D eigenvalue weighted by molar-refractivity contribution is 9.10. The van der Waals surface area contributed by atoms with Gasteiger partial charge in [-0.05, 0) is 48.7 Å². The third-order valence-corrected chi connectivity index (χ3v) is 5.57. The van der Waals surface area contributed by atoms with E-state index in [9.17, 15) is 4.39 Å². The fourth-order valence-corrected chi connectivity index (χ4v) is 4.27. The van der Waals surface area contributed by atoms with Crippen molar-refractivity contribution in [2.45, 2.75) is 32.8 Å². The van der Waals surface area contributed by atoms with E-state index in [4.69, 9.17) is 9.72 Å². The van der Waals surface area contributed by atoms with Crippen molar-refractivity contribution in [3.05, 3.63) is 57.6 Å². The predicted octanol–water partition coefficient (Wildman–Crippen LogP) is 4.30. The highest BCUT2D eigenvalue weighted by atomic mass is 79.9. The summed E-state index contributed by atoms with van der Waals surface area (Å²) in [5.41, 5.74) is 5.20. The molecule has 3 aromatic rings. The van der Waals surface area contributed by atoms with Gasteiger partial charge in [0, 0.05) is 35.7 Å². The van der Waals surface area contributed by atoms with E-state index < -0.39 is 0 Å². The Hall–Kier alpha value is -1.76. The lowest BCUT2D eigenvalue weighted by Gasteiger charge is -2.24. The fraction of sp³-hybridized carbons (Fsp3) is 0.381. The second-order valence-corrected chi connectivity index (χ2v) is 7.92. The molecule has 1 fully saturated rings. The van der Waals surface area contributed by atoms with Crippen LogP contribution in [0.1, 0.15) is 23.7 Å². The zero-order chi connectivity index (χ0) is 19.0. The molecular formula is C21H23BrFN3O. The van der Waals surface area contributed by atoms with E-state index in [0.29, 0.717) is 24.3 Å². The Morgan fingerprint density at radius 3 is 2.93 bits per heavy atom. The SMILES string of the molecule is CCc1ccn2c(CC3CNCCO3)c(-c3c(C)cc(Br)cc3F)nc2c1. The Balaban J connectivity index is 1.89. The highest BCUT2D eigenvalue weighted by Crippen LogP contribution is 2.33. The summed E-state index contributed by atoms with van der Waals surface area (Å²) >= 11 is 3.38. The number of nitrogens with one attached hydrogen (secondary N) is 1. The van der Waals surface area contributed by atoms with Crippen LogP contribution >= 0.6 is 15.9 Å². The molecule has 3 heterocycles. The molecule has 1 aliphatic heterocycles. The second-order valence-electron chi connectivity index (χ2n) is 7.00. The lowest BCUT2D eigenvalue weighted by molar-refractivity contribution is 0.0286. The summed E-state index contributed by atoms with van der Waals surface area (Å²) in [5, 5.41) is 3.37. The first kappa shape index (κ1) is 18.6. The standard InChI is InChI=1S/C21H23BrFN3O/c1-3-14-4-6-26-18(11-16-12-24-5-7-27-16)21(25-19(26)9-14)20-13(2)8-15(22)10-17(20)23/h4,6,8-10,16,24H,3,5,7,11-12H2,1-2H3. The highest BCUT2D eigenvalue weighted by Gasteiger charge is 2.23. The van der Waals surface area contributed by atoms with Gasteiger partial charge in [-0.25, -0.2) is 9.37 Å². The van der Waals surface area contributed by atoms with Gasteiger partial charge in [-0.2, -0.15) is 0 Å². The van der Waals surface area contributed by atoms with Gasteiger partial charge < -0.3 is 14.5 Å². The molecule has 4 nitrogen and oxygen atoms in total. The largest absolute Gasteiger partial charge is 0.375 e. The summed E-state index contributed by atoms with van der Waals surface area (Å²) < 4.78 is 23.6. The number of halogens is 2. The second kappa shape index (κ2) is 7.70. The van der Waals surface area contributed by atoms with Crippen molar-refractivity contribution in [1.82, 2.24) is 14.7 Å². The molecule has 4 rings (SSSR count). The number of benzene rings is 1. The van der Waals surface area contributed by atoms with Crippen molar-refractivity contribution in [2.75, 3.05) is 19.7 Å². The smallest absolute Gasteiger partial charge is 0.137 e. The van der Waals surface area contributed by atoms with Gasteiger partial charge in [0.05, 0.1) is 24.1 Å². The van der Waals surface area contributed by atoms with E-state index in [-0.39, 0.29) is 11.9 Å². The van der Waals surface area contributed by atoms with E-state index in [2.05, 4.69) is 44.7 Å². The summed E-state index contributed by atoms with van der Waals surface area (Å²) in [6, 6.07) is 7.63. The molecule has 1 saturated heterocycles. The van der Waals surface area contributed by atoms with Crippen LogP contribution in [-0.4, -0.2) is 35.2 Å². The maximum Gasteiger partial charge on any atom is 0.137 e. The summed E-state index contributed by atoms with van der Waals surface area (Å²) in [4.78, 5) is 4.84. The van der Waals surface area contributed by atoms with Gasteiger partial charge in [0.2, 0.25) is 0 Å². The number of pyridine rings is 1. The molecule has 1 N–H and O–H groups in total. The predicted molar refractivity (Wildman–Crippen MR) is 109 cm³/mol. The molecule has 27 heavy (non-hydrogen) atoms. The molecule has 1 atom stereocenters. The van der Waals surface area contributed by atoms with Crippen LogP contribution in [0.4, 0.5) is 4.39 Å². The molecule has 6 heteroatoms. The topological polar surface area (TPSA) is 38.6 Å². The fourth-order valence-electron chi connectivity index (χ4n) is 3.72. The van der Waals surface area contributed by atoms with Crippen LogP contribution in [0.2, 0.25) is 0 Å². The third kappa shape index (κ3) is 3.66. The number of fused-ring (bicyclic) bond motifs is 1. The van der Waals surface area contributed by atoms with Crippen LogP contribution in [0, 0.1) is 12.7 Å². The molecule has 2 aromatic heterocycles. The van der Waals surface area contributed by atoms with Crippen molar-refractivity contribution in [2.24, 2.45) is 0 Å². The monoisotopic (exact) mass is 431 g/mol. The number of ether oxygens (including phenoxy) is 1. The van der Waals surface area contributed by atoms with E-state index in [1.807, 2.05) is 19.2 Å². The van der Waals surface area contributed by atoms with Gasteiger partial charge in [0.25, 0.3) is 0 Å². The first-order valence-corrected chi connectivity index (χ1v) is 10.1. The van der Waals surface area contributed by atoms with Crippen molar-refractivity contribution in [1.29, 1.82) is 0 Å². The van der Waals surface area contributed by atoms with Crippen molar-refractivity contribution in [3.8, 4) is 11.3 Å². The minimum atomic E-state index is -0.259. The molecule has 0 aliphatic carbocycles. The molecule has 0 spiro atoms. The van der Waals surface area contributed by atoms with Crippen LogP contribution in [0.3, 0.4) is 0 Å². The van der Waals surface area contributed by atoms with Crippen LogP contribution in [-0.2, 0) is 17.6 Å². The maximum atomic E-state index is 14.9. The average Bonchev–Trinajstić information content (AvgIpc) is 2.99. The minimum Gasteiger partial charge on any atom is -0.375 e. The lowest BCUT2D eigenvalue weighted by atomic mass is 10.0. The average molecular weight is 432 g/mol. The van der Waals surface area contributed by atoms with E-state index >= 15 is 0 Å². The zero-order valence-corrected chi connectivity index (χ0v) is 17.1. The number of imidazole rings is 1. The molecule has 1 aliphatic rings. The summed E-state index contributed by atoms with van der Waals surface area (Å²) in [6.07, 6.45) is 3.73. The number of aryl methyl sites for hydroxylation is 2. The molecule has 0 radical (unpaired) electrons. The number of hydrogen-bond acceptors (Lipinski definition) is 3. The molecule has 1 unspecified atom stereocenters. The first-order chi connectivity index (χ1) is 13.1. The molecule has 0 saturated carbocycles. The van der Waals surface area contributed by atoms with Crippen LogP contribution in [0.25, 0.3) is 16.9 Å².